The van der Waals surface area contributed by atoms with Crippen LogP contribution in [0.5, 0.6) is 0 Å². The molecule has 328 valence electrons. The molecule has 0 radical (unpaired) electrons. The van der Waals surface area contributed by atoms with E-state index in [1.54, 1.807) is 34.1 Å². The number of carbonyl (C=O) groups excluding carboxylic acids is 3. The first kappa shape index (κ1) is 44.4. The van der Waals surface area contributed by atoms with Gasteiger partial charge in [-0.25, -0.2) is 9.97 Å². The second-order valence-corrected chi connectivity index (χ2v) is 16.9. The van der Waals surface area contributed by atoms with Gasteiger partial charge in [-0.05, 0) is 41.9 Å². The molecule has 0 unspecified atom stereocenters. The molecule has 62 heavy (non-hydrogen) atoms. The normalized spacial score (nSPS) is 16.7. The fourth-order valence-corrected chi connectivity index (χ4v) is 9.12. The summed E-state index contributed by atoms with van der Waals surface area (Å²) in [7, 11) is 0. The number of rotatable bonds is 22. The smallest absolute Gasteiger partial charge is 0.246 e. The van der Waals surface area contributed by atoms with Crippen molar-refractivity contribution >= 4 is 17.7 Å². The van der Waals surface area contributed by atoms with E-state index in [4.69, 9.17) is 15.2 Å². The highest BCUT2D eigenvalue weighted by Crippen LogP contribution is 2.35. The maximum atomic E-state index is 15.8. The average molecular weight is 844 g/mol. The highest BCUT2D eigenvalue weighted by molar-refractivity contribution is 5.92. The first-order valence-corrected chi connectivity index (χ1v) is 22.2. The maximum Gasteiger partial charge on any atom is 0.246 e. The lowest BCUT2D eigenvalue weighted by molar-refractivity contribution is -0.149. The van der Waals surface area contributed by atoms with E-state index in [1.165, 1.54) is 4.90 Å². The van der Waals surface area contributed by atoms with Crippen LogP contribution >= 0.6 is 0 Å². The molecule has 4 atom stereocenters. The van der Waals surface area contributed by atoms with Gasteiger partial charge < -0.3 is 39.7 Å². The Bertz CT molecular complexity index is 2130. The van der Waals surface area contributed by atoms with Crippen molar-refractivity contribution in [3.05, 3.63) is 144 Å². The molecule has 5 aromatic rings. The Labute approximate surface area is 364 Å². The standard InChI is InChI=1S/C49H61N7O6/c50-46(58)44(29-41-30-51-33-55(41)35-62-32-39-21-11-4-12-22-39)56(49(60)42(27-36-15-5-1-6-16-36)53-48(59)40-23-13-14-24-40)43(28-37-17-7-2-8-18-37)45(57)47-52-25-26-54(47)34-61-31-38-19-9-3-10-20-38/h1,3-6,9-12,15-16,19-22,25-26,30,33,37,40,42-45,57H,2,7-8,13-14,17-18,23-24,27-29,31-32,34-35H2,(H2,50,58)(H,53,59)/t42-,43-,44-,45+/m0/s1. The van der Waals surface area contributed by atoms with E-state index in [1.807, 2.05) is 91.0 Å². The van der Waals surface area contributed by atoms with E-state index in [9.17, 15) is 14.7 Å². The Morgan fingerprint density at radius 3 is 1.97 bits per heavy atom. The van der Waals surface area contributed by atoms with Crippen LogP contribution in [0.4, 0.5) is 0 Å². The lowest BCUT2D eigenvalue weighted by atomic mass is 9.82. The third-order valence-corrected chi connectivity index (χ3v) is 12.5. The monoisotopic (exact) mass is 843 g/mol. The van der Waals surface area contributed by atoms with E-state index in [-0.39, 0.29) is 44.0 Å². The maximum absolute atomic E-state index is 15.8. The van der Waals surface area contributed by atoms with Crippen LogP contribution in [0.3, 0.4) is 0 Å². The van der Waals surface area contributed by atoms with Gasteiger partial charge in [-0.1, -0.05) is 136 Å². The number of carbonyl (C=O) groups is 3. The zero-order valence-corrected chi connectivity index (χ0v) is 35.5. The Balaban J connectivity index is 1.26. The molecule has 2 heterocycles. The number of nitrogens with two attached hydrogens (primary N) is 1. The predicted octanol–water partition coefficient (Wildman–Crippen LogP) is 6.64. The summed E-state index contributed by atoms with van der Waals surface area (Å²) in [6, 6.07) is 25.9. The number of benzene rings is 3. The third kappa shape index (κ3) is 12.0. The summed E-state index contributed by atoms with van der Waals surface area (Å²) in [4.78, 5) is 54.4. The van der Waals surface area contributed by atoms with Crippen LogP contribution in [-0.2, 0) is 63.4 Å². The molecule has 2 aliphatic rings. The molecule has 0 bridgehead atoms. The molecule has 3 amide bonds. The Kier molecular flexibility index (Phi) is 16.1. The lowest BCUT2D eigenvalue weighted by Crippen LogP contribution is -2.61. The quantitative estimate of drug-likeness (QED) is 0.0697. The van der Waals surface area contributed by atoms with Gasteiger partial charge in [0.15, 0.2) is 0 Å². The Hall–Kier alpha value is -5.63. The van der Waals surface area contributed by atoms with Gasteiger partial charge in [0.2, 0.25) is 17.7 Å². The predicted molar refractivity (Wildman–Crippen MR) is 234 cm³/mol. The van der Waals surface area contributed by atoms with Crippen LogP contribution in [0.15, 0.2) is 116 Å². The highest BCUT2D eigenvalue weighted by Gasteiger charge is 2.44. The van der Waals surface area contributed by atoms with Crippen LogP contribution in [-0.4, -0.2) is 65.0 Å². The number of aliphatic hydroxyl groups is 1. The molecule has 3 aromatic carbocycles. The largest absolute Gasteiger partial charge is 0.383 e. The third-order valence-electron chi connectivity index (χ3n) is 12.5. The summed E-state index contributed by atoms with van der Waals surface area (Å²) >= 11 is 0. The van der Waals surface area contributed by atoms with E-state index in [0.717, 1.165) is 74.5 Å². The number of hydrogen-bond donors (Lipinski definition) is 3. The van der Waals surface area contributed by atoms with Crippen molar-refractivity contribution in [2.75, 3.05) is 0 Å². The molecule has 7 rings (SSSR count). The minimum Gasteiger partial charge on any atom is -0.383 e. The number of ether oxygens (including phenoxy) is 2. The van der Waals surface area contributed by atoms with Gasteiger partial charge >= 0.3 is 0 Å². The van der Waals surface area contributed by atoms with E-state index < -0.39 is 36.0 Å². The number of nitrogens with one attached hydrogen (secondary N) is 1. The van der Waals surface area contributed by atoms with E-state index in [0.29, 0.717) is 31.2 Å². The second-order valence-electron chi connectivity index (χ2n) is 16.9. The summed E-state index contributed by atoms with van der Waals surface area (Å²) in [6.45, 7) is 0.952. The molecule has 2 saturated carbocycles. The molecule has 2 aromatic heterocycles. The van der Waals surface area contributed by atoms with Crippen LogP contribution in [0.2, 0.25) is 0 Å². The van der Waals surface area contributed by atoms with Gasteiger partial charge in [-0.2, -0.15) is 0 Å². The minimum absolute atomic E-state index is 0.00703. The van der Waals surface area contributed by atoms with Gasteiger partial charge in [0.1, 0.15) is 37.5 Å². The van der Waals surface area contributed by atoms with Gasteiger partial charge in [-0.3, -0.25) is 14.4 Å². The van der Waals surface area contributed by atoms with Crippen molar-refractivity contribution < 1.29 is 29.0 Å². The molecule has 4 N–H and O–H groups in total. The summed E-state index contributed by atoms with van der Waals surface area (Å²) in [5.41, 5.74) is 9.88. The molecule has 0 aliphatic heterocycles. The Morgan fingerprint density at radius 2 is 1.35 bits per heavy atom. The zero-order valence-electron chi connectivity index (χ0n) is 35.5. The molecule has 13 heteroatoms. The second kappa shape index (κ2) is 22.5. The van der Waals surface area contributed by atoms with Crippen LogP contribution in [0.1, 0.15) is 98.5 Å². The van der Waals surface area contributed by atoms with Crippen molar-refractivity contribution in [2.45, 2.75) is 128 Å². The zero-order chi connectivity index (χ0) is 43.1. The summed E-state index contributed by atoms with van der Waals surface area (Å²) in [6.07, 6.45) is 14.2. The molecule has 0 spiro atoms. The summed E-state index contributed by atoms with van der Waals surface area (Å²) < 4.78 is 15.7. The molecular formula is C49H61N7O6. The van der Waals surface area contributed by atoms with Crippen molar-refractivity contribution in [1.82, 2.24) is 29.3 Å². The minimum atomic E-state index is -1.35. The first-order chi connectivity index (χ1) is 30.3. The molecular weight excluding hydrogens is 783 g/mol. The van der Waals surface area contributed by atoms with Gasteiger partial charge in [-0.15, -0.1) is 0 Å². The Morgan fingerprint density at radius 1 is 0.774 bits per heavy atom. The number of aromatic nitrogens is 4. The number of amides is 3. The van der Waals surface area contributed by atoms with E-state index >= 15 is 4.79 Å². The number of nitrogens with zero attached hydrogens (tertiary/aromatic N) is 5. The summed E-state index contributed by atoms with van der Waals surface area (Å²) in [5.74, 6) is -1.17. The molecule has 2 fully saturated rings. The number of hydrogen-bond acceptors (Lipinski definition) is 8. The van der Waals surface area contributed by atoms with Crippen molar-refractivity contribution in [2.24, 2.45) is 17.6 Å². The van der Waals surface area contributed by atoms with Crippen molar-refractivity contribution in [1.29, 1.82) is 0 Å². The fraction of sp³-hybridized carbons (Fsp3) is 0.449. The summed E-state index contributed by atoms with van der Waals surface area (Å²) in [5, 5.41) is 15.9. The van der Waals surface area contributed by atoms with Crippen molar-refractivity contribution in [3.63, 3.8) is 0 Å². The van der Waals surface area contributed by atoms with Crippen LogP contribution in [0.25, 0.3) is 0 Å². The highest BCUT2D eigenvalue weighted by atomic mass is 16.5. The van der Waals surface area contributed by atoms with E-state index in [2.05, 4.69) is 15.3 Å². The molecule has 2 aliphatic carbocycles. The topological polar surface area (TPSA) is 167 Å². The SMILES string of the molecule is NC(=O)[C@H](Cc1cncn1COCc1ccccc1)N(C(=O)[C@H](Cc1ccccc1)NC(=O)C1CCCC1)[C@@H](CC1CCCCC1)[C@@H](O)c1nccn1COCc1ccccc1. The molecule has 13 nitrogen and oxygen atoms in total. The first-order valence-electron chi connectivity index (χ1n) is 22.2. The fourth-order valence-electron chi connectivity index (χ4n) is 9.12. The van der Waals surface area contributed by atoms with Crippen molar-refractivity contribution in [3.8, 4) is 0 Å². The van der Waals surface area contributed by atoms with Crippen LogP contribution < -0.4 is 11.1 Å². The lowest BCUT2D eigenvalue weighted by Gasteiger charge is -2.42. The van der Waals surface area contributed by atoms with Gasteiger partial charge in [0.25, 0.3) is 0 Å². The number of imidazole rings is 2. The number of primary amides is 1. The van der Waals surface area contributed by atoms with Gasteiger partial charge in [0, 0.05) is 43.0 Å². The van der Waals surface area contributed by atoms with Crippen LogP contribution in [0, 0.1) is 11.8 Å². The molecule has 0 saturated heterocycles. The van der Waals surface area contributed by atoms with Gasteiger partial charge in [0.05, 0.1) is 25.6 Å². The average Bonchev–Trinajstić information content (AvgIpc) is 4.11. The number of aliphatic hydroxyl groups excluding tert-OH is 1.